The topological polar surface area (TPSA) is 43.4 Å². The van der Waals surface area contributed by atoms with Crippen LogP contribution < -0.4 is 0 Å². The average Bonchev–Trinajstić information content (AvgIpc) is 2.07. The Morgan fingerprint density at radius 1 is 1.18 bits per heavy atom. The fourth-order valence-corrected chi connectivity index (χ4v) is 1.15. The first-order valence-electron chi connectivity index (χ1n) is 3.51. The van der Waals surface area contributed by atoms with E-state index in [2.05, 4.69) is 4.74 Å². The minimum absolute atomic E-state index is 0.0638. The third-order valence-electron chi connectivity index (χ3n) is 1.69. The lowest BCUT2D eigenvalue weighted by molar-refractivity contribution is -0.151. The van der Waals surface area contributed by atoms with Gasteiger partial charge in [-0.05, 0) is 12.8 Å². The maximum atomic E-state index is 10.9. The molecule has 0 aromatic heterocycles. The number of ether oxygens (including phenoxy) is 1. The highest BCUT2D eigenvalue weighted by Gasteiger charge is 2.31. The number of rotatable bonds is 1. The Hall–Kier alpha value is -1.12. The van der Waals surface area contributed by atoms with Gasteiger partial charge in [0.2, 0.25) is 0 Å². The Morgan fingerprint density at radius 2 is 1.73 bits per heavy atom. The van der Waals surface area contributed by atoms with Crippen molar-refractivity contribution in [3.05, 3.63) is 11.1 Å². The fraction of sp³-hybridized carbons (Fsp3) is 0.500. The first kappa shape index (κ1) is 7.98. The van der Waals surface area contributed by atoms with E-state index in [1.54, 1.807) is 6.92 Å². The highest BCUT2D eigenvalue weighted by molar-refractivity contribution is 6.12. The van der Waals surface area contributed by atoms with Gasteiger partial charge in [-0.1, -0.05) is 13.8 Å². The summed E-state index contributed by atoms with van der Waals surface area (Å²) in [7, 11) is 0. The van der Waals surface area contributed by atoms with Gasteiger partial charge in [-0.25, -0.2) is 9.59 Å². The highest BCUT2D eigenvalue weighted by Crippen LogP contribution is 2.23. The van der Waals surface area contributed by atoms with Gasteiger partial charge in [0.1, 0.15) is 0 Å². The van der Waals surface area contributed by atoms with Crippen LogP contribution in [0.2, 0.25) is 0 Å². The van der Waals surface area contributed by atoms with Gasteiger partial charge < -0.3 is 4.74 Å². The van der Waals surface area contributed by atoms with Crippen LogP contribution in [0.25, 0.3) is 0 Å². The molecule has 0 saturated heterocycles. The predicted molar refractivity (Wildman–Crippen MR) is 38.6 cm³/mol. The van der Waals surface area contributed by atoms with E-state index in [9.17, 15) is 9.59 Å². The van der Waals surface area contributed by atoms with E-state index >= 15 is 0 Å². The lowest BCUT2D eigenvalue weighted by atomic mass is 10.0. The summed E-state index contributed by atoms with van der Waals surface area (Å²) in [5.74, 6) is -0.921. The zero-order valence-corrected chi connectivity index (χ0v) is 6.80. The molecule has 1 rings (SSSR count). The summed E-state index contributed by atoms with van der Waals surface area (Å²) in [6.45, 7) is 5.33. The van der Waals surface area contributed by atoms with Crippen LogP contribution in [0.3, 0.4) is 0 Å². The van der Waals surface area contributed by atoms with Gasteiger partial charge in [-0.3, -0.25) is 0 Å². The van der Waals surface area contributed by atoms with Gasteiger partial charge in [-0.15, -0.1) is 0 Å². The van der Waals surface area contributed by atoms with Gasteiger partial charge in [0.15, 0.2) is 0 Å². The van der Waals surface area contributed by atoms with E-state index in [4.69, 9.17) is 0 Å². The van der Waals surface area contributed by atoms with E-state index in [1.165, 1.54) is 0 Å². The Balaban J connectivity index is 3.07. The second-order valence-electron chi connectivity index (χ2n) is 2.87. The minimum atomic E-state index is -0.501. The van der Waals surface area contributed by atoms with Crippen LogP contribution in [0.4, 0.5) is 0 Å². The van der Waals surface area contributed by atoms with Crippen LogP contribution in [-0.2, 0) is 14.3 Å². The second-order valence-corrected chi connectivity index (χ2v) is 2.87. The summed E-state index contributed by atoms with van der Waals surface area (Å²) in [6.07, 6.45) is 0. The molecule has 0 spiro atoms. The van der Waals surface area contributed by atoms with Crippen molar-refractivity contribution in [1.29, 1.82) is 0 Å². The van der Waals surface area contributed by atoms with Crippen LogP contribution in [0, 0.1) is 5.92 Å². The number of hydrogen-bond acceptors (Lipinski definition) is 3. The molecule has 3 nitrogen and oxygen atoms in total. The van der Waals surface area contributed by atoms with Crippen molar-refractivity contribution >= 4 is 11.9 Å². The largest absolute Gasteiger partial charge is 0.386 e. The van der Waals surface area contributed by atoms with E-state index in [1.807, 2.05) is 13.8 Å². The molecule has 0 N–H and O–H groups in total. The first-order valence-corrected chi connectivity index (χ1v) is 3.51. The Bertz CT molecular complexity index is 248. The fourth-order valence-electron chi connectivity index (χ4n) is 1.15. The molecule has 11 heavy (non-hydrogen) atoms. The number of cyclic esters (lactones) is 2. The molecule has 0 aromatic rings. The lowest BCUT2D eigenvalue weighted by Crippen LogP contribution is -2.05. The van der Waals surface area contributed by atoms with Crippen molar-refractivity contribution in [2.45, 2.75) is 20.8 Å². The molecule has 1 aliphatic rings. The van der Waals surface area contributed by atoms with Crippen LogP contribution in [0.5, 0.6) is 0 Å². The molecule has 3 heteroatoms. The molecule has 0 aliphatic carbocycles. The van der Waals surface area contributed by atoms with E-state index < -0.39 is 11.9 Å². The summed E-state index contributed by atoms with van der Waals surface area (Å²) >= 11 is 0. The number of hydrogen-bond donors (Lipinski definition) is 0. The van der Waals surface area contributed by atoms with Crippen LogP contribution in [0.15, 0.2) is 11.1 Å². The molecule has 0 amide bonds. The van der Waals surface area contributed by atoms with Crippen molar-refractivity contribution in [2.75, 3.05) is 0 Å². The molecular weight excluding hydrogens is 144 g/mol. The summed E-state index contributed by atoms with van der Waals surface area (Å²) in [4.78, 5) is 21.7. The number of carbonyl (C=O) groups excluding carboxylic acids is 2. The average molecular weight is 154 g/mol. The van der Waals surface area contributed by atoms with Crippen molar-refractivity contribution in [1.82, 2.24) is 0 Å². The molecule has 60 valence electrons. The van der Waals surface area contributed by atoms with E-state index in [-0.39, 0.29) is 5.92 Å². The summed E-state index contributed by atoms with van der Waals surface area (Å²) < 4.78 is 4.40. The maximum Gasteiger partial charge on any atom is 0.342 e. The third kappa shape index (κ3) is 1.18. The van der Waals surface area contributed by atoms with Crippen LogP contribution >= 0.6 is 0 Å². The lowest BCUT2D eigenvalue weighted by Gasteiger charge is -2.00. The second kappa shape index (κ2) is 2.49. The SMILES string of the molecule is CC1=C(C(C)C)C(=O)OC1=O. The third-order valence-corrected chi connectivity index (χ3v) is 1.69. The monoisotopic (exact) mass is 154 g/mol. The van der Waals surface area contributed by atoms with Gasteiger partial charge in [0.05, 0.1) is 5.57 Å². The molecule has 0 bridgehead atoms. The molecule has 0 aromatic carbocycles. The molecule has 1 aliphatic heterocycles. The van der Waals surface area contributed by atoms with Gasteiger partial charge >= 0.3 is 11.9 Å². The molecule has 0 saturated carbocycles. The number of esters is 2. The summed E-state index contributed by atoms with van der Waals surface area (Å²) in [6, 6.07) is 0. The van der Waals surface area contributed by atoms with Crippen LogP contribution in [0.1, 0.15) is 20.8 Å². The molecule has 0 radical (unpaired) electrons. The first-order chi connectivity index (χ1) is 5.04. The Kier molecular flexibility index (Phi) is 1.81. The normalized spacial score (nSPS) is 18.2. The molecular formula is C8H10O3. The standard InChI is InChI=1S/C8H10O3/c1-4(2)6-5(3)7(9)11-8(6)10/h4H,1-3H3. The van der Waals surface area contributed by atoms with E-state index in [0.29, 0.717) is 11.1 Å². The van der Waals surface area contributed by atoms with Gasteiger partial charge in [0.25, 0.3) is 0 Å². The van der Waals surface area contributed by atoms with Crippen molar-refractivity contribution in [3.63, 3.8) is 0 Å². The summed E-state index contributed by atoms with van der Waals surface area (Å²) in [5.41, 5.74) is 0.958. The highest BCUT2D eigenvalue weighted by atomic mass is 16.6. The maximum absolute atomic E-state index is 10.9. The minimum Gasteiger partial charge on any atom is -0.386 e. The van der Waals surface area contributed by atoms with Gasteiger partial charge in [0, 0.05) is 5.57 Å². The Morgan fingerprint density at radius 3 is 1.91 bits per heavy atom. The van der Waals surface area contributed by atoms with Crippen LogP contribution in [-0.4, -0.2) is 11.9 Å². The van der Waals surface area contributed by atoms with Crippen molar-refractivity contribution in [3.8, 4) is 0 Å². The van der Waals surface area contributed by atoms with Gasteiger partial charge in [-0.2, -0.15) is 0 Å². The Labute approximate surface area is 65.0 Å². The molecule has 0 atom stereocenters. The number of carbonyl (C=O) groups is 2. The molecule has 0 fully saturated rings. The van der Waals surface area contributed by atoms with Crippen molar-refractivity contribution < 1.29 is 14.3 Å². The quantitative estimate of drug-likeness (QED) is 0.418. The zero-order chi connectivity index (χ0) is 8.59. The smallest absolute Gasteiger partial charge is 0.342 e. The zero-order valence-electron chi connectivity index (χ0n) is 6.80. The summed E-state index contributed by atoms with van der Waals surface area (Å²) in [5, 5.41) is 0. The van der Waals surface area contributed by atoms with Crippen molar-refractivity contribution in [2.24, 2.45) is 5.92 Å². The van der Waals surface area contributed by atoms with E-state index in [0.717, 1.165) is 0 Å². The molecule has 0 unspecified atom stereocenters. The molecule has 1 heterocycles. The predicted octanol–water partition coefficient (Wildman–Crippen LogP) is 1.04.